The van der Waals surface area contributed by atoms with E-state index in [1.54, 1.807) is 18.5 Å². The second kappa shape index (κ2) is 10.3. The first-order chi connectivity index (χ1) is 19.0. The van der Waals surface area contributed by atoms with Crippen molar-refractivity contribution in [1.29, 1.82) is 0 Å². The summed E-state index contributed by atoms with van der Waals surface area (Å²) in [5.74, 6) is 1.94. The van der Waals surface area contributed by atoms with Crippen molar-refractivity contribution in [1.82, 2.24) is 30.2 Å². The number of allylic oxidation sites excluding steroid dienone is 1. The van der Waals surface area contributed by atoms with Crippen LogP contribution < -0.4 is 20.9 Å². The molecule has 5 aromatic rings. The highest BCUT2D eigenvalue weighted by Crippen LogP contribution is 2.34. The van der Waals surface area contributed by atoms with Gasteiger partial charge in [-0.2, -0.15) is 0 Å². The number of rotatable bonds is 8. The first-order valence-electron chi connectivity index (χ1n) is 12.8. The minimum atomic E-state index is -0.110. The molecule has 4 heterocycles. The summed E-state index contributed by atoms with van der Waals surface area (Å²) in [6.07, 6.45) is 7.85. The summed E-state index contributed by atoms with van der Waals surface area (Å²) in [5, 5.41) is 7.45. The van der Waals surface area contributed by atoms with E-state index in [4.69, 9.17) is 4.74 Å². The Bertz CT molecular complexity index is 1750. The van der Waals surface area contributed by atoms with E-state index in [2.05, 4.69) is 45.3 Å². The van der Waals surface area contributed by atoms with Gasteiger partial charge in [0.25, 0.3) is 5.91 Å². The molecule has 0 radical (unpaired) electrons. The topological polar surface area (TPSA) is 96.9 Å². The lowest BCUT2D eigenvalue weighted by atomic mass is 10.2. The molecule has 1 aliphatic rings. The number of ether oxygens (including phenoxy) is 1. The number of carbonyl (C=O) groups is 1. The van der Waals surface area contributed by atoms with E-state index in [-0.39, 0.29) is 18.0 Å². The molecule has 1 saturated carbocycles. The van der Waals surface area contributed by atoms with Gasteiger partial charge in [-0.15, -0.1) is 11.3 Å². The van der Waals surface area contributed by atoms with Gasteiger partial charge in [-0.1, -0.05) is 37.9 Å². The van der Waals surface area contributed by atoms with Crippen molar-refractivity contribution >= 4 is 45.1 Å². The van der Waals surface area contributed by atoms with Gasteiger partial charge in [-0.25, -0.2) is 9.97 Å². The number of hydrogen-bond donors (Lipinski definition) is 3. The first kappa shape index (κ1) is 24.7. The van der Waals surface area contributed by atoms with Gasteiger partial charge in [0.05, 0.1) is 22.6 Å². The van der Waals surface area contributed by atoms with E-state index in [9.17, 15) is 4.79 Å². The van der Waals surface area contributed by atoms with Crippen molar-refractivity contribution in [2.45, 2.75) is 31.3 Å². The van der Waals surface area contributed by atoms with Crippen molar-refractivity contribution < 1.29 is 9.53 Å². The van der Waals surface area contributed by atoms with E-state index >= 15 is 0 Å². The summed E-state index contributed by atoms with van der Waals surface area (Å²) in [6.45, 7) is 11.9. The minimum Gasteiger partial charge on any atom is -0.456 e. The smallest absolute Gasteiger partial charge is 0.263 e. The van der Waals surface area contributed by atoms with E-state index in [0.29, 0.717) is 21.9 Å². The van der Waals surface area contributed by atoms with Gasteiger partial charge in [0.2, 0.25) is 0 Å². The van der Waals surface area contributed by atoms with Crippen LogP contribution in [0.5, 0.6) is 11.5 Å². The predicted molar refractivity (Wildman–Crippen MR) is 156 cm³/mol. The summed E-state index contributed by atoms with van der Waals surface area (Å²) < 4.78 is 7.82. The Morgan fingerprint density at radius 2 is 1.87 bits per heavy atom. The molecule has 0 spiro atoms. The SMILES string of the molecule is C=CC(=C)NC1CCC(NC(=O)c2sc3nccc4c3c2[nH]c(=C)n4-c2ccc(Oc3ccccc3)cn2)C1. The van der Waals surface area contributed by atoms with Crippen LogP contribution in [0.15, 0.2) is 85.9 Å². The normalized spacial score (nSPS) is 16.8. The zero-order valence-corrected chi connectivity index (χ0v) is 22.1. The van der Waals surface area contributed by atoms with Crippen molar-refractivity contribution in [3.05, 3.63) is 96.2 Å². The molecule has 1 aliphatic carbocycles. The van der Waals surface area contributed by atoms with Crippen LogP contribution >= 0.6 is 11.3 Å². The molecule has 0 aliphatic heterocycles. The molecule has 8 nitrogen and oxygen atoms in total. The highest BCUT2D eigenvalue weighted by molar-refractivity contribution is 7.21. The third kappa shape index (κ3) is 4.84. The van der Waals surface area contributed by atoms with Gasteiger partial charge in [-0.05, 0) is 55.7 Å². The van der Waals surface area contributed by atoms with Gasteiger partial charge in [0.1, 0.15) is 32.5 Å². The number of amides is 1. The maximum atomic E-state index is 13.4. The van der Waals surface area contributed by atoms with E-state index in [1.165, 1.54) is 11.3 Å². The van der Waals surface area contributed by atoms with Crippen LogP contribution in [0.1, 0.15) is 28.9 Å². The maximum Gasteiger partial charge on any atom is 0.263 e. The maximum absolute atomic E-state index is 13.4. The highest BCUT2D eigenvalue weighted by Gasteiger charge is 2.28. The molecule has 0 bridgehead atoms. The average Bonchev–Trinajstić information content (AvgIpc) is 3.55. The second-order valence-electron chi connectivity index (χ2n) is 9.54. The number of benzene rings is 1. The number of nitrogens with one attached hydrogen (secondary N) is 3. The number of H-pyrrole nitrogens is 1. The predicted octanol–water partition coefficient (Wildman–Crippen LogP) is 5.39. The van der Waals surface area contributed by atoms with Gasteiger partial charge in [0.15, 0.2) is 0 Å². The standard InChI is InChI=1S/C30H28N6O2S/c1-4-18(2)33-20-10-11-21(16-20)35-29(37)28-27-26-24(14-15-31-30(26)39-28)36(19(3)34-27)25-13-12-23(17-32-25)38-22-8-6-5-7-9-22/h4-9,12-15,17,20-21,33-34H,1-3,10-11,16H2,(H,35,37). The summed E-state index contributed by atoms with van der Waals surface area (Å²) in [7, 11) is 0. The van der Waals surface area contributed by atoms with Crippen LogP contribution in [0.2, 0.25) is 0 Å². The van der Waals surface area contributed by atoms with Crippen molar-refractivity contribution in [2.75, 3.05) is 0 Å². The molecule has 1 fully saturated rings. The molecule has 3 N–H and O–H groups in total. The zero-order valence-electron chi connectivity index (χ0n) is 21.3. The van der Waals surface area contributed by atoms with Crippen LogP contribution in [0.3, 0.4) is 0 Å². The highest BCUT2D eigenvalue weighted by atomic mass is 32.1. The molecular formula is C30H28N6O2S. The van der Waals surface area contributed by atoms with Gasteiger partial charge in [0, 0.05) is 24.0 Å². The molecular weight excluding hydrogens is 508 g/mol. The molecule has 6 rings (SSSR count). The van der Waals surface area contributed by atoms with E-state index in [0.717, 1.165) is 52.0 Å². The Labute approximate surface area is 229 Å². The zero-order chi connectivity index (χ0) is 26.9. The molecule has 1 aromatic carbocycles. The molecule has 9 heteroatoms. The Morgan fingerprint density at radius 3 is 2.62 bits per heavy atom. The monoisotopic (exact) mass is 536 g/mol. The second-order valence-corrected chi connectivity index (χ2v) is 10.5. The minimum absolute atomic E-state index is 0.0848. The van der Waals surface area contributed by atoms with Crippen LogP contribution in [0.4, 0.5) is 0 Å². The fourth-order valence-electron chi connectivity index (χ4n) is 5.08. The molecule has 0 saturated heterocycles. The Balaban J connectivity index is 1.29. The molecule has 2 unspecified atom stereocenters. The fraction of sp³-hybridized carbons (Fsp3) is 0.167. The molecule has 39 heavy (non-hydrogen) atoms. The van der Waals surface area contributed by atoms with Gasteiger partial charge in [-0.3, -0.25) is 9.36 Å². The van der Waals surface area contributed by atoms with Crippen molar-refractivity contribution in [3.8, 4) is 17.3 Å². The Hall–Kier alpha value is -4.63. The summed E-state index contributed by atoms with van der Waals surface area (Å²) in [4.78, 5) is 27.3. The number of para-hydroxylation sites is 1. The Morgan fingerprint density at radius 1 is 1.08 bits per heavy atom. The lowest BCUT2D eigenvalue weighted by Gasteiger charge is -2.15. The summed E-state index contributed by atoms with van der Waals surface area (Å²) in [5.41, 5.74) is 3.00. The van der Waals surface area contributed by atoms with Crippen LogP contribution in [-0.4, -0.2) is 37.5 Å². The Kier molecular flexibility index (Phi) is 6.50. The first-order valence-corrected chi connectivity index (χ1v) is 13.6. The van der Waals surface area contributed by atoms with Crippen LogP contribution in [0.25, 0.3) is 33.6 Å². The van der Waals surface area contributed by atoms with Crippen LogP contribution in [-0.2, 0) is 0 Å². The molecule has 196 valence electrons. The number of carbonyl (C=O) groups excluding carboxylic acids is 1. The van der Waals surface area contributed by atoms with E-state index in [1.807, 2.05) is 53.1 Å². The fourth-order valence-corrected chi connectivity index (χ4v) is 6.11. The number of nitrogens with zero attached hydrogens (tertiary/aromatic N) is 3. The largest absolute Gasteiger partial charge is 0.456 e. The quantitative estimate of drug-likeness (QED) is 0.231. The summed E-state index contributed by atoms with van der Waals surface area (Å²) >= 11 is 1.38. The number of aromatic nitrogens is 4. The molecule has 1 amide bonds. The lowest BCUT2D eigenvalue weighted by molar-refractivity contribution is 0.0943. The molecule has 2 atom stereocenters. The third-order valence-electron chi connectivity index (χ3n) is 6.89. The van der Waals surface area contributed by atoms with Crippen LogP contribution in [0, 0.1) is 0 Å². The van der Waals surface area contributed by atoms with Crippen molar-refractivity contribution in [3.63, 3.8) is 0 Å². The number of aromatic amines is 1. The average molecular weight is 537 g/mol. The molecule has 4 aromatic heterocycles. The van der Waals surface area contributed by atoms with E-state index < -0.39 is 0 Å². The number of thiophene rings is 1. The third-order valence-corrected chi connectivity index (χ3v) is 7.99. The van der Waals surface area contributed by atoms with Crippen molar-refractivity contribution in [2.24, 2.45) is 0 Å². The lowest BCUT2D eigenvalue weighted by Crippen LogP contribution is -2.34. The summed E-state index contributed by atoms with van der Waals surface area (Å²) in [6, 6.07) is 15.6. The van der Waals surface area contributed by atoms with Gasteiger partial charge < -0.3 is 20.4 Å². The number of hydrogen-bond acceptors (Lipinski definition) is 6. The number of pyridine rings is 2. The van der Waals surface area contributed by atoms with Gasteiger partial charge >= 0.3 is 0 Å².